The van der Waals surface area contributed by atoms with Crippen molar-refractivity contribution in [2.75, 3.05) is 20.3 Å². The molecule has 3 saturated carbocycles. The van der Waals surface area contributed by atoms with Crippen LogP contribution in [0.5, 0.6) is 0 Å². The third-order valence-electron chi connectivity index (χ3n) is 10.2. The lowest BCUT2D eigenvalue weighted by atomic mass is 9.96. The van der Waals surface area contributed by atoms with Gasteiger partial charge in [0.2, 0.25) is 21.8 Å². The highest BCUT2D eigenvalue weighted by Crippen LogP contribution is 2.46. The van der Waals surface area contributed by atoms with Crippen molar-refractivity contribution in [3.8, 4) is 0 Å². The highest BCUT2D eigenvalue weighted by Gasteiger charge is 2.62. The predicted molar refractivity (Wildman–Crippen MR) is 182 cm³/mol. The van der Waals surface area contributed by atoms with Gasteiger partial charge in [0.1, 0.15) is 35.5 Å². The van der Waals surface area contributed by atoms with Gasteiger partial charge in [-0.05, 0) is 57.8 Å². The Labute approximate surface area is 292 Å². The van der Waals surface area contributed by atoms with Crippen LogP contribution in [-0.4, -0.2) is 98.2 Å². The maximum Gasteiger partial charge on any atom is 0.408 e. The maximum absolute atomic E-state index is 14.3. The summed E-state index contributed by atoms with van der Waals surface area (Å²) in [6.45, 7) is 0.151. The van der Waals surface area contributed by atoms with Crippen molar-refractivity contribution in [2.24, 2.45) is 11.1 Å². The van der Waals surface area contributed by atoms with E-state index in [-0.39, 0.29) is 32.1 Å². The molecule has 3 aliphatic carbocycles. The number of nitrogens with one attached hydrogen (secondary N) is 3. The number of ether oxygens (including phenoxy) is 2. The Kier molecular flexibility index (Phi) is 11.1. The molecule has 1 saturated heterocycles. The molecule has 5 atom stereocenters. The summed E-state index contributed by atoms with van der Waals surface area (Å²) < 4.78 is 38.6. The number of methoxy groups -OCH3 is 1. The number of carbonyl (C=O) groups is 4. The minimum Gasteiger partial charge on any atom is -0.446 e. The molecule has 0 spiro atoms. The molecular weight excluding hydrogens is 666 g/mol. The standard InChI is InChI=1S/C35H47N5O9S/c1-47-22-29(23-11-6-5-7-12-23)38-49-26-19-30-31(41)37-35(33(43)39-50(45,46)27-17-18-27)20-24(35)13-8-3-2-4-9-16-28(32(42)40(30)21-26)36-34(44)48-25-14-10-15-25/h5-8,11-13,24-28,30H,2-4,9-10,14-22H2,1H3,(H,36,44)(H,37,41)(H,39,43)/b13-8-,38-29+/t24-,26-,28+,30+,35+/m1/s1. The molecule has 272 valence electrons. The van der Waals surface area contributed by atoms with Crippen molar-refractivity contribution >= 4 is 39.5 Å². The average Bonchev–Trinajstić information content (AvgIpc) is 4.00. The first-order valence-corrected chi connectivity index (χ1v) is 19.2. The summed E-state index contributed by atoms with van der Waals surface area (Å²) in [5.74, 6) is -2.28. The largest absolute Gasteiger partial charge is 0.446 e. The Morgan fingerprint density at radius 3 is 2.50 bits per heavy atom. The molecule has 1 aromatic carbocycles. The summed E-state index contributed by atoms with van der Waals surface area (Å²) in [6.07, 6.45) is 9.32. The third kappa shape index (κ3) is 8.48. The number of sulfonamides is 1. The van der Waals surface area contributed by atoms with E-state index in [1.807, 2.05) is 42.5 Å². The first-order chi connectivity index (χ1) is 24.1. The number of benzene rings is 1. The van der Waals surface area contributed by atoms with Crippen LogP contribution in [0.1, 0.15) is 82.6 Å². The first-order valence-electron chi connectivity index (χ1n) is 17.7. The van der Waals surface area contributed by atoms with Crippen LogP contribution >= 0.6 is 0 Å². The zero-order valence-corrected chi connectivity index (χ0v) is 29.2. The van der Waals surface area contributed by atoms with Crippen LogP contribution in [0.3, 0.4) is 0 Å². The molecule has 14 nitrogen and oxygen atoms in total. The minimum atomic E-state index is -3.87. The Hall–Kier alpha value is -3.98. The Balaban J connectivity index is 1.26. The number of alkyl carbamates (subject to hydrolysis) is 1. The van der Waals surface area contributed by atoms with E-state index in [9.17, 15) is 27.6 Å². The van der Waals surface area contributed by atoms with Crippen molar-refractivity contribution in [2.45, 2.75) is 112 Å². The number of oxime groups is 1. The lowest BCUT2D eigenvalue weighted by Crippen LogP contribution is -2.58. The fourth-order valence-corrected chi connectivity index (χ4v) is 8.09. The fraction of sp³-hybridized carbons (Fsp3) is 0.629. The molecule has 3 N–H and O–H groups in total. The van der Waals surface area contributed by atoms with E-state index >= 15 is 0 Å². The number of allylic oxidation sites excluding steroid dienone is 1. The second kappa shape index (κ2) is 15.5. The van der Waals surface area contributed by atoms with Gasteiger partial charge in [0, 0.05) is 25.0 Å². The molecule has 6 rings (SSSR count). The van der Waals surface area contributed by atoms with E-state index in [1.165, 1.54) is 4.90 Å². The summed E-state index contributed by atoms with van der Waals surface area (Å²) >= 11 is 0. The minimum absolute atomic E-state index is 0.0100. The SMILES string of the molecule is COC/C(=N\O[C@@H]1C[C@H]2C(=O)N[C@@]3(C(=O)NS(=O)(=O)C4CC4)C[C@H]3/C=C\CCCCC[C@H](NC(=O)OC3CCC3)C(=O)N2C1)c1ccccc1. The van der Waals surface area contributed by atoms with Crippen molar-refractivity contribution in [1.29, 1.82) is 0 Å². The van der Waals surface area contributed by atoms with Gasteiger partial charge in [-0.2, -0.15) is 0 Å². The lowest BCUT2D eigenvalue weighted by Gasteiger charge is -2.30. The molecule has 4 amide bonds. The van der Waals surface area contributed by atoms with Crippen molar-refractivity contribution in [3.63, 3.8) is 0 Å². The summed E-state index contributed by atoms with van der Waals surface area (Å²) in [4.78, 5) is 62.3. The van der Waals surface area contributed by atoms with Gasteiger partial charge in [0.05, 0.1) is 18.4 Å². The van der Waals surface area contributed by atoms with E-state index in [2.05, 4.69) is 20.5 Å². The predicted octanol–water partition coefficient (Wildman–Crippen LogP) is 2.67. The molecule has 2 heterocycles. The zero-order chi connectivity index (χ0) is 35.3. The molecular formula is C35H47N5O9S. The number of hydrogen-bond acceptors (Lipinski definition) is 10. The molecule has 50 heavy (non-hydrogen) atoms. The summed E-state index contributed by atoms with van der Waals surface area (Å²) in [5, 5.41) is 9.36. The molecule has 0 unspecified atom stereocenters. The second-order valence-corrected chi connectivity index (χ2v) is 15.9. The van der Waals surface area contributed by atoms with Gasteiger partial charge in [-0.25, -0.2) is 13.2 Å². The van der Waals surface area contributed by atoms with Gasteiger partial charge in [-0.15, -0.1) is 0 Å². The highest BCUT2D eigenvalue weighted by atomic mass is 32.2. The number of carbonyl (C=O) groups excluding carboxylic acids is 4. The highest BCUT2D eigenvalue weighted by molar-refractivity contribution is 7.91. The first kappa shape index (κ1) is 35.8. The number of amides is 4. The van der Waals surface area contributed by atoms with Crippen LogP contribution in [0.2, 0.25) is 0 Å². The Bertz CT molecular complexity index is 1590. The van der Waals surface area contributed by atoms with E-state index in [4.69, 9.17) is 14.3 Å². The van der Waals surface area contributed by atoms with Gasteiger partial charge in [0.15, 0.2) is 0 Å². The summed E-state index contributed by atoms with van der Waals surface area (Å²) in [5.41, 5.74) is -0.177. The molecule has 1 aromatic rings. The van der Waals surface area contributed by atoms with Gasteiger partial charge < -0.3 is 29.8 Å². The monoisotopic (exact) mass is 713 g/mol. The molecule has 0 aromatic heterocycles. The van der Waals surface area contributed by atoms with E-state index < -0.39 is 68.7 Å². The molecule has 15 heteroatoms. The maximum atomic E-state index is 14.3. The molecule has 5 aliphatic rings. The van der Waals surface area contributed by atoms with Crippen molar-refractivity contribution in [3.05, 3.63) is 48.0 Å². The number of hydrogen-bond donors (Lipinski definition) is 3. The molecule has 0 bridgehead atoms. The van der Waals surface area contributed by atoms with Gasteiger partial charge in [0.25, 0.3) is 5.91 Å². The van der Waals surface area contributed by atoms with E-state index in [0.29, 0.717) is 37.8 Å². The molecule has 0 radical (unpaired) electrons. The molecule has 2 aliphatic heterocycles. The smallest absolute Gasteiger partial charge is 0.408 e. The fourth-order valence-electron chi connectivity index (χ4n) is 6.72. The number of rotatable bonds is 10. The number of fused-ring (bicyclic) bond motifs is 2. The van der Waals surface area contributed by atoms with E-state index in [1.54, 1.807) is 7.11 Å². The van der Waals surface area contributed by atoms with Crippen LogP contribution < -0.4 is 15.4 Å². The van der Waals surface area contributed by atoms with Gasteiger partial charge in [-0.1, -0.05) is 60.5 Å². The van der Waals surface area contributed by atoms with Gasteiger partial charge >= 0.3 is 6.09 Å². The van der Waals surface area contributed by atoms with Crippen molar-refractivity contribution in [1.82, 2.24) is 20.3 Å². The topological polar surface area (TPSA) is 182 Å². The van der Waals surface area contributed by atoms with Gasteiger partial charge in [-0.3, -0.25) is 19.1 Å². The number of nitrogens with zero attached hydrogens (tertiary/aromatic N) is 2. The normalized spacial score (nSPS) is 29.9. The van der Waals surface area contributed by atoms with Crippen LogP contribution in [0.25, 0.3) is 0 Å². The average molecular weight is 714 g/mol. The molecule has 4 fully saturated rings. The van der Waals surface area contributed by atoms with Crippen LogP contribution in [-0.2, 0) is 38.7 Å². The van der Waals surface area contributed by atoms with Crippen LogP contribution in [0.4, 0.5) is 4.79 Å². The second-order valence-electron chi connectivity index (χ2n) is 14.0. The Morgan fingerprint density at radius 1 is 1.02 bits per heavy atom. The van der Waals surface area contributed by atoms with Crippen LogP contribution in [0, 0.1) is 5.92 Å². The summed E-state index contributed by atoms with van der Waals surface area (Å²) in [7, 11) is -2.33. The third-order valence-corrected chi connectivity index (χ3v) is 12.0. The zero-order valence-electron chi connectivity index (χ0n) is 28.4. The lowest BCUT2D eigenvalue weighted by molar-refractivity contribution is -0.141. The van der Waals surface area contributed by atoms with E-state index in [0.717, 1.165) is 37.7 Å². The summed E-state index contributed by atoms with van der Waals surface area (Å²) in [6, 6.07) is 7.29. The van der Waals surface area contributed by atoms with Crippen molar-refractivity contribution < 1.29 is 41.9 Å². The Morgan fingerprint density at radius 2 is 1.80 bits per heavy atom. The van der Waals surface area contributed by atoms with Crippen LogP contribution in [0.15, 0.2) is 47.6 Å². The quantitative estimate of drug-likeness (QED) is 0.187.